The van der Waals surface area contributed by atoms with E-state index in [1.54, 1.807) is 13.0 Å². The summed E-state index contributed by atoms with van der Waals surface area (Å²) in [6, 6.07) is 5.82. The molecule has 1 aliphatic rings. The summed E-state index contributed by atoms with van der Waals surface area (Å²) in [4.78, 5) is 14.6. The van der Waals surface area contributed by atoms with E-state index in [4.69, 9.17) is 0 Å². The van der Waals surface area contributed by atoms with Crippen LogP contribution in [0.5, 0.6) is 0 Å². The number of hydrogen-bond donors (Lipinski definition) is 0. The Bertz CT molecular complexity index is 863. The minimum absolute atomic E-state index is 0. The zero-order chi connectivity index (χ0) is 18.9. The maximum Gasteiger partial charge on any atom is 1.00 e. The fraction of sp³-hybridized carbons (Fsp3) is 0.412. The van der Waals surface area contributed by atoms with Gasteiger partial charge in [-0.15, -0.1) is 0 Å². The average molecular weight is 387 g/mol. The molecule has 0 radical (unpaired) electrons. The van der Waals surface area contributed by atoms with Crippen molar-refractivity contribution >= 4 is 33.5 Å². The van der Waals surface area contributed by atoms with Crippen LogP contribution >= 0.6 is 0 Å². The van der Waals surface area contributed by atoms with Gasteiger partial charge in [-0.05, 0) is 49.6 Å². The smallest absolute Gasteiger partial charge is 0.746 e. The van der Waals surface area contributed by atoms with Crippen LogP contribution in [-0.4, -0.2) is 49.1 Å². The molecule has 0 aromatic heterocycles. The molecule has 0 fully saturated rings. The third-order valence-electron chi connectivity index (χ3n) is 4.11. The molecule has 1 unspecified atom stereocenters. The van der Waals surface area contributed by atoms with E-state index in [1.165, 1.54) is 6.92 Å². The quantitative estimate of drug-likeness (QED) is 0.365. The van der Waals surface area contributed by atoms with Crippen molar-refractivity contribution in [2.75, 3.05) is 19.0 Å². The van der Waals surface area contributed by atoms with Gasteiger partial charge in [-0.3, -0.25) is 4.79 Å². The summed E-state index contributed by atoms with van der Waals surface area (Å²) >= 11 is 0. The average Bonchev–Trinajstić information content (AvgIpc) is 2.76. The maximum atomic E-state index is 12.6. The number of hydrazone groups is 1. The summed E-state index contributed by atoms with van der Waals surface area (Å²) < 4.78 is 34.1. The fourth-order valence-electron chi connectivity index (χ4n) is 2.66. The number of amides is 1. The second kappa shape index (κ2) is 8.67. The van der Waals surface area contributed by atoms with E-state index in [9.17, 15) is 17.8 Å². The monoisotopic (exact) mass is 387 g/mol. The molecule has 0 saturated carbocycles. The SMILES string of the molecule is CCC(N1N=C(C)/C(=C\c2ccc(N(C)C)cc2C)C1=O)S(=O)(=O)[O-].[Na+]. The predicted octanol–water partition coefficient (Wildman–Crippen LogP) is -1.05. The van der Waals surface area contributed by atoms with Crippen LogP contribution in [0.4, 0.5) is 5.69 Å². The van der Waals surface area contributed by atoms with Crippen molar-refractivity contribution < 1.29 is 47.3 Å². The van der Waals surface area contributed by atoms with Gasteiger partial charge in [-0.2, -0.15) is 5.10 Å². The largest absolute Gasteiger partial charge is 1.00 e. The summed E-state index contributed by atoms with van der Waals surface area (Å²) in [5, 5.41) is 3.30. The first kappa shape index (κ1) is 22.9. The van der Waals surface area contributed by atoms with Crippen molar-refractivity contribution in [3.8, 4) is 0 Å². The molecule has 1 heterocycles. The Kier molecular flexibility index (Phi) is 7.62. The Morgan fingerprint density at radius 2 is 1.92 bits per heavy atom. The summed E-state index contributed by atoms with van der Waals surface area (Å²) in [7, 11) is -0.777. The number of anilines is 1. The Labute approximate surface area is 176 Å². The van der Waals surface area contributed by atoms with Gasteiger partial charge in [0.05, 0.1) is 11.3 Å². The van der Waals surface area contributed by atoms with Gasteiger partial charge in [0.15, 0.2) is 0 Å². The fourth-order valence-corrected chi connectivity index (χ4v) is 3.45. The van der Waals surface area contributed by atoms with E-state index >= 15 is 0 Å². The van der Waals surface area contributed by atoms with E-state index in [2.05, 4.69) is 5.10 Å². The molecule has 136 valence electrons. The van der Waals surface area contributed by atoms with Crippen LogP contribution in [0.15, 0.2) is 28.9 Å². The molecule has 0 spiro atoms. The van der Waals surface area contributed by atoms with Gasteiger partial charge in [-0.1, -0.05) is 13.0 Å². The van der Waals surface area contributed by atoms with Crippen LogP contribution < -0.4 is 34.5 Å². The van der Waals surface area contributed by atoms with Crippen molar-refractivity contribution in [3.63, 3.8) is 0 Å². The molecule has 9 heteroatoms. The summed E-state index contributed by atoms with van der Waals surface area (Å²) in [5.74, 6) is -0.570. The van der Waals surface area contributed by atoms with Gasteiger partial charge in [0, 0.05) is 19.8 Å². The molecule has 1 atom stereocenters. The second-order valence-corrected chi connectivity index (χ2v) is 7.71. The number of hydrogen-bond acceptors (Lipinski definition) is 6. The number of carbonyl (C=O) groups excluding carboxylic acids is 1. The van der Waals surface area contributed by atoms with Crippen LogP contribution in [0.2, 0.25) is 0 Å². The molecular weight excluding hydrogens is 365 g/mol. The zero-order valence-electron chi connectivity index (χ0n) is 16.0. The molecule has 0 N–H and O–H groups in total. The Hall–Kier alpha value is -1.19. The zero-order valence-corrected chi connectivity index (χ0v) is 18.8. The van der Waals surface area contributed by atoms with Gasteiger partial charge in [0.1, 0.15) is 15.5 Å². The number of carbonyl (C=O) groups is 1. The summed E-state index contributed by atoms with van der Waals surface area (Å²) in [5.41, 5.74) is 3.53. The van der Waals surface area contributed by atoms with Gasteiger partial charge >= 0.3 is 29.6 Å². The van der Waals surface area contributed by atoms with Crippen LogP contribution in [0.3, 0.4) is 0 Å². The number of rotatable bonds is 5. The van der Waals surface area contributed by atoms with E-state index in [0.717, 1.165) is 21.8 Å². The molecule has 0 aliphatic carbocycles. The molecule has 1 aromatic carbocycles. The molecular formula is C17H22N3NaO4S. The molecule has 0 bridgehead atoms. The third kappa shape index (κ3) is 4.75. The van der Waals surface area contributed by atoms with Crippen LogP contribution in [0, 0.1) is 6.92 Å². The van der Waals surface area contributed by atoms with Crippen LogP contribution in [0.25, 0.3) is 6.08 Å². The van der Waals surface area contributed by atoms with E-state index in [1.807, 2.05) is 44.1 Å². The molecule has 2 rings (SSSR count). The van der Waals surface area contributed by atoms with E-state index in [-0.39, 0.29) is 36.0 Å². The normalized spacial score (nSPS) is 17.2. The van der Waals surface area contributed by atoms with Crippen molar-refractivity contribution in [3.05, 3.63) is 34.9 Å². The first-order valence-corrected chi connectivity index (χ1v) is 9.37. The van der Waals surface area contributed by atoms with E-state index in [0.29, 0.717) is 11.3 Å². The van der Waals surface area contributed by atoms with Crippen molar-refractivity contribution in [2.45, 2.75) is 32.6 Å². The topological polar surface area (TPSA) is 93.1 Å². The molecule has 0 saturated heterocycles. The molecule has 1 amide bonds. The first-order valence-electron chi connectivity index (χ1n) is 7.89. The van der Waals surface area contributed by atoms with Gasteiger partial charge in [0.25, 0.3) is 5.91 Å². The summed E-state index contributed by atoms with van der Waals surface area (Å²) in [6.07, 6.45) is 1.66. The van der Waals surface area contributed by atoms with Crippen LogP contribution in [-0.2, 0) is 14.9 Å². The Morgan fingerprint density at radius 1 is 1.31 bits per heavy atom. The second-order valence-electron chi connectivity index (χ2n) is 6.18. The minimum atomic E-state index is -4.66. The predicted molar refractivity (Wildman–Crippen MR) is 97.2 cm³/mol. The van der Waals surface area contributed by atoms with Crippen molar-refractivity contribution in [2.24, 2.45) is 5.10 Å². The summed E-state index contributed by atoms with van der Waals surface area (Å²) in [6.45, 7) is 5.08. The van der Waals surface area contributed by atoms with Crippen molar-refractivity contribution in [1.82, 2.24) is 5.01 Å². The number of nitrogens with zero attached hydrogens (tertiary/aromatic N) is 3. The molecule has 26 heavy (non-hydrogen) atoms. The first-order chi connectivity index (χ1) is 11.6. The van der Waals surface area contributed by atoms with Gasteiger partial charge < -0.3 is 9.45 Å². The van der Waals surface area contributed by atoms with E-state index < -0.39 is 21.4 Å². The molecule has 7 nitrogen and oxygen atoms in total. The third-order valence-corrected chi connectivity index (χ3v) is 5.31. The Balaban J connectivity index is 0.00000338. The van der Waals surface area contributed by atoms with Gasteiger partial charge in [-0.25, -0.2) is 13.4 Å². The number of aryl methyl sites for hydroxylation is 1. The Morgan fingerprint density at radius 3 is 2.38 bits per heavy atom. The maximum absolute atomic E-state index is 12.6. The molecule has 1 aromatic rings. The van der Waals surface area contributed by atoms with Gasteiger partial charge in [0.2, 0.25) is 0 Å². The van der Waals surface area contributed by atoms with Crippen molar-refractivity contribution in [1.29, 1.82) is 0 Å². The van der Waals surface area contributed by atoms with Crippen LogP contribution in [0.1, 0.15) is 31.4 Å². The number of benzene rings is 1. The minimum Gasteiger partial charge on any atom is -0.746 e. The molecule has 1 aliphatic heterocycles. The standard InChI is InChI=1S/C17H23N3O4S.Na/c1-6-16(25(22,23)24)20-17(21)15(12(3)18-20)10-13-7-8-14(19(4)5)9-11(13)2;/h7-10,16H,6H2,1-5H3,(H,22,23,24);/q;+1/p-1/b15-10+;.